The highest BCUT2D eigenvalue weighted by Gasteiger charge is 2.32. The molecule has 1 aliphatic carbocycles. The second kappa shape index (κ2) is 5.36. The van der Waals surface area contributed by atoms with E-state index in [1.807, 2.05) is 35.2 Å². The molecule has 104 valence electrons. The number of hydrogen-bond acceptors (Lipinski definition) is 3. The van der Waals surface area contributed by atoms with Crippen molar-refractivity contribution in [2.75, 3.05) is 5.32 Å². The highest BCUT2D eigenvalue weighted by atomic mass is 16.5. The molecule has 0 bridgehead atoms. The highest BCUT2D eigenvalue weighted by Crippen LogP contribution is 2.29. The fourth-order valence-corrected chi connectivity index (χ4v) is 2.14. The molecule has 1 heterocycles. The first-order chi connectivity index (χ1) is 9.72. The van der Waals surface area contributed by atoms with Gasteiger partial charge in [0.25, 0.3) is 0 Å². The number of anilines is 1. The molecule has 0 saturated heterocycles. The maximum Gasteiger partial charge on any atom is 0.323 e. The Hall–Kier alpha value is -2.30. The van der Waals surface area contributed by atoms with Gasteiger partial charge in [0.2, 0.25) is 0 Å². The van der Waals surface area contributed by atoms with Gasteiger partial charge in [-0.25, -0.2) is 4.79 Å². The molecule has 1 aromatic heterocycles. The molecule has 2 amide bonds. The molecule has 1 saturated carbocycles. The normalized spacial score (nSPS) is 14.1. The summed E-state index contributed by atoms with van der Waals surface area (Å²) in [4.78, 5) is 14.2. The fourth-order valence-electron chi connectivity index (χ4n) is 2.14. The van der Waals surface area contributed by atoms with Crippen molar-refractivity contribution in [2.45, 2.75) is 32.4 Å². The number of carbonyl (C=O) groups excluding carboxylic acids is 1. The minimum atomic E-state index is -0.121. The Kier molecular flexibility index (Phi) is 3.41. The molecular formula is C15H17N3O2. The van der Waals surface area contributed by atoms with Crippen molar-refractivity contribution in [3.8, 4) is 0 Å². The predicted octanol–water partition coefficient (Wildman–Crippen LogP) is 3.18. The number of benzene rings is 1. The van der Waals surface area contributed by atoms with E-state index in [0.717, 1.165) is 18.4 Å². The van der Waals surface area contributed by atoms with Crippen molar-refractivity contribution in [3.63, 3.8) is 0 Å². The summed E-state index contributed by atoms with van der Waals surface area (Å²) in [6.07, 6.45) is 2.14. The smallest absolute Gasteiger partial charge is 0.323 e. The quantitative estimate of drug-likeness (QED) is 0.929. The number of aryl methyl sites for hydroxylation is 1. The van der Waals surface area contributed by atoms with Crippen molar-refractivity contribution in [3.05, 3.63) is 47.7 Å². The van der Waals surface area contributed by atoms with Crippen LogP contribution in [0.15, 0.2) is 40.9 Å². The van der Waals surface area contributed by atoms with Crippen LogP contribution in [0.1, 0.15) is 24.2 Å². The van der Waals surface area contributed by atoms with Gasteiger partial charge < -0.3 is 9.42 Å². The number of urea groups is 1. The van der Waals surface area contributed by atoms with Crippen LogP contribution in [0.2, 0.25) is 0 Å². The van der Waals surface area contributed by atoms with E-state index in [2.05, 4.69) is 10.5 Å². The van der Waals surface area contributed by atoms with Crippen molar-refractivity contribution in [2.24, 2.45) is 0 Å². The Balaban J connectivity index is 1.69. The number of aromatic nitrogens is 1. The number of nitrogens with one attached hydrogen (secondary N) is 1. The molecule has 0 spiro atoms. The average Bonchev–Trinajstić information content (AvgIpc) is 3.21. The highest BCUT2D eigenvalue weighted by molar-refractivity contribution is 5.88. The first-order valence-electron chi connectivity index (χ1n) is 6.77. The van der Waals surface area contributed by atoms with E-state index in [1.165, 1.54) is 0 Å². The first kappa shape index (κ1) is 12.7. The summed E-state index contributed by atoms with van der Waals surface area (Å²) in [7, 11) is 0. The summed E-state index contributed by atoms with van der Waals surface area (Å²) in [5, 5.41) is 6.58. The average molecular weight is 271 g/mol. The largest absolute Gasteiger partial charge is 0.360 e. The Bertz CT molecular complexity index is 590. The van der Waals surface area contributed by atoms with Crippen LogP contribution in [0.25, 0.3) is 0 Å². The zero-order valence-electron chi connectivity index (χ0n) is 11.4. The summed E-state index contributed by atoms with van der Waals surface area (Å²) < 4.78 is 4.96. The van der Waals surface area contributed by atoms with Gasteiger partial charge in [0, 0.05) is 18.7 Å². The van der Waals surface area contributed by atoms with Gasteiger partial charge in [-0.3, -0.25) is 5.32 Å². The third-order valence-electron chi connectivity index (χ3n) is 3.31. The van der Waals surface area contributed by atoms with Gasteiger partial charge in [-0.2, -0.15) is 0 Å². The molecule has 0 atom stereocenters. The van der Waals surface area contributed by atoms with Crippen LogP contribution in [0.3, 0.4) is 0 Å². The molecule has 5 nitrogen and oxygen atoms in total. The van der Waals surface area contributed by atoms with Gasteiger partial charge in [0.15, 0.2) is 5.82 Å². The standard InChI is InChI=1S/C15H17N3O2/c1-11-9-14(17-20-11)16-15(19)18(13-7-8-13)10-12-5-3-2-4-6-12/h2-6,9,13H,7-8,10H2,1H3,(H,16,17,19). The number of carbonyl (C=O) groups is 1. The van der Waals surface area contributed by atoms with E-state index in [0.29, 0.717) is 24.2 Å². The lowest BCUT2D eigenvalue weighted by Crippen LogP contribution is -2.36. The van der Waals surface area contributed by atoms with E-state index in [4.69, 9.17) is 4.52 Å². The van der Waals surface area contributed by atoms with E-state index < -0.39 is 0 Å². The molecule has 0 unspecified atom stereocenters. The summed E-state index contributed by atoms with van der Waals surface area (Å²) in [5.41, 5.74) is 1.13. The summed E-state index contributed by atoms with van der Waals surface area (Å²) >= 11 is 0. The van der Waals surface area contributed by atoms with Crippen molar-refractivity contribution in [1.29, 1.82) is 0 Å². The summed E-state index contributed by atoms with van der Waals surface area (Å²) in [6.45, 7) is 2.42. The van der Waals surface area contributed by atoms with Crippen molar-refractivity contribution in [1.82, 2.24) is 10.1 Å². The molecule has 5 heteroatoms. The molecule has 1 aromatic carbocycles. The lowest BCUT2D eigenvalue weighted by atomic mass is 10.2. The molecule has 0 radical (unpaired) electrons. The molecular weight excluding hydrogens is 254 g/mol. The molecule has 1 N–H and O–H groups in total. The van der Waals surface area contributed by atoms with Crippen LogP contribution in [0.4, 0.5) is 10.6 Å². The van der Waals surface area contributed by atoms with Crippen LogP contribution >= 0.6 is 0 Å². The molecule has 1 fully saturated rings. The molecule has 3 rings (SSSR count). The van der Waals surface area contributed by atoms with E-state index in [-0.39, 0.29) is 6.03 Å². The SMILES string of the molecule is Cc1cc(NC(=O)N(Cc2ccccc2)C2CC2)no1. The lowest BCUT2D eigenvalue weighted by Gasteiger charge is -2.22. The van der Waals surface area contributed by atoms with Crippen LogP contribution in [0, 0.1) is 6.92 Å². The Morgan fingerprint density at radius 1 is 1.40 bits per heavy atom. The second-order valence-corrected chi connectivity index (χ2v) is 5.10. The van der Waals surface area contributed by atoms with Gasteiger partial charge in [-0.15, -0.1) is 0 Å². The molecule has 2 aromatic rings. The van der Waals surface area contributed by atoms with Gasteiger partial charge in [-0.1, -0.05) is 35.5 Å². The van der Waals surface area contributed by atoms with Crippen LogP contribution in [-0.2, 0) is 6.54 Å². The Morgan fingerprint density at radius 2 is 2.15 bits per heavy atom. The van der Waals surface area contributed by atoms with Crippen molar-refractivity contribution < 1.29 is 9.32 Å². The molecule has 1 aliphatic rings. The zero-order valence-corrected chi connectivity index (χ0v) is 11.4. The van der Waals surface area contributed by atoms with Crippen LogP contribution in [-0.4, -0.2) is 22.1 Å². The first-order valence-corrected chi connectivity index (χ1v) is 6.77. The van der Waals surface area contributed by atoms with E-state index >= 15 is 0 Å². The van der Waals surface area contributed by atoms with Crippen LogP contribution < -0.4 is 5.32 Å². The van der Waals surface area contributed by atoms with Crippen molar-refractivity contribution >= 4 is 11.8 Å². The van der Waals surface area contributed by atoms with Gasteiger partial charge >= 0.3 is 6.03 Å². The molecule has 0 aliphatic heterocycles. The Morgan fingerprint density at radius 3 is 2.75 bits per heavy atom. The number of rotatable bonds is 4. The monoisotopic (exact) mass is 271 g/mol. The summed E-state index contributed by atoms with van der Waals surface area (Å²) in [5.74, 6) is 1.15. The van der Waals surface area contributed by atoms with Crippen LogP contribution in [0.5, 0.6) is 0 Å². The maximum atomic E-state index is 12.3. The lowest BCUT2D eigenvalue weighted by molar-refractivity contribution is 0.206. The Labute approximate surface area is 117 Å². The maximum absolute atomic E-state index is 12.3. The zero-order chi connectivity index (χ0) is 13.9. The minimum Gasteiger partial charge on any atom is -0.360 e. The fraction of sp³-hybridized carbons (Fsp3) is 0.333. The van der Waals surface area contributed by atoms with Gasteiger partial charge in [-0.05, 0) is 25.3 Å². The third kappa shape index (κ3) is 2.99. The van der Waals surface area contributed by atoms with E-state index in [9.17, 15) is 4.79 Å². The number of nitrogens with zero attached hydrogens (tertiary/aromatic N) is 2. The minimum absolute atomic E-state index is 0.121. The molecule has 20 heavy (non-hydrogen) atoms. The summed E-state index contributed by atoms with van der Waals surface area (Å²) in [6, 6.07) is 11.9. The predicted molar refractivity (Wildman–Crippen MR) is 75.3 cm³/mol. The third-order valence-corrected chi connectivity index (χ3v) is 3.31. The number of amides is 2. The number of hydrogen-bond donors (Lipinski definition) is 1. The second-order valence-electron chi connectivity index (χ2n) is 5.10. The topological polar surface area (TPSA) is 58.4 Å². The van der Waals surface area contributed by atoms with E-state index in [1.54, 1.807) is 13.0 Å². The van der Waals surface area contributed by atoms with Gasteiger partial charge in [0.05, 0.1) is 0 Å². The van der Waals surface area contributed by atoms with Gasteiger partial charge in [0.1, 0.15) is 5.76 Å².